The number of amides is 1. The number of benzene rings is 2. The van der Waals surface area contributed by atoms with E-state index in [1.54, 1.807) is 12.1 Å². The van der Waals surface area contributed by atoms with E-state index in [0.29, 0.717) is 10.7 Å². The highest BCUT2D eigenvalue weighted by Crippen LogP contribution is 2.50. The summed E-state index contributed by atoms with van der Waals surface area (Å²) in [6.45, 7) is 1.83. The molecule has 0 saturated heterocycles. The number of anilines is 1. The molecule has 1 N–H and O–H groups in total. The molecule has 1 aliphatic rings. The molecule has 0 radical (unpaired) electrons. The highest BCUT2D eigenvalue weighted by molar-refractivity contribution is 7.90. The second-order valence-corrected chi connectivity index (χ2v) is 8.63. The van der Waals surface area contributed by atoms with E-state index >= 15 is 0 Å². The quantitative estimate of drug-likeness (QED) is 0.898. The Morgan fingerprint density at radius 2 is 1.92 bits per heavy atom. The molecule has 6 heteroatoms. The van der Waals surface area contributed by atoms with Gasteiger partial charge in [0, 0.05) is 22.9 Å². The number of carbonyl (C=O) groups is 1. The first-order valence-corrected chi connectivity index (χ1v) is 9.90. The maximum absolute atomic E-state index is 12.5. The van der Waals surface area contributed by atoms with E-state index in [9.17, 15) is 13.2 Å². The van der Waals surface area contributed by atoms with Gasteiger partial charge in [-0.3, -0.25) is 4.79 Å². The predicted molar refractivity (Wildman–Crippen MR) is 95.2 cm³/mol. The van der Waals surface area contributed by atoms with Gasteiger partial charge in [-0.1, -0.05) is 35.9 Å². The molecule has 2 aromatic carbocycles. The van der Waals surface area contributed by atoms with Crippen LogP contribution in [0.4, 0.5) is 5.69 Å². The van der Waals surface area contributed by atoms with Crippen molar-refractivity contribution in [3.8, 4) is 0 Å². The average Bonchev–Trinajstić information content (AvgIpc) is 3.29. The van der Waals surface area contributed by atoms with Crippen molar-refractivity contribution in [3.63, 3.8) is 0 Å². The van der Waals surface area contributed by atoms with Gasteiger partial charge in [-0.15, -0.1) is 0 Å². The lowest BCUT2D eigenvalue weighted by Gasteiger charge is -2.10. The summed E-state index contributed by atoms with van der Waals surface area (Å²) in [6.07, 6.45) is 1.90. The number of hydrogen-bond acceptors (Lipinski definition) is 3. The Hall–Kier alpha value is -1.85. The zero-order chi connectivity index (χ0) is 17.5. The smallest absolute Gasteiger partial charge is 0.228 e. The van der Waals surface area contributed by atoms with Crippen LogP contribution in [0.25, 0.3) is 0 Å². The summed E-state index contributed by atoms with van der Waals surface area (Å²) in [6, 6.07) is 12.3. The third kappa shape index (κ3) is 3.47. The molecule has 3 rings (SSSR count). The molecule has 2 aromatic rings. The molecule has 1 amide bonds. The van der Waals surface area contributed by atoms with Gasteiger partial charge in [0.1, 0.15) is 0 Å². The Balaban J connectivity index is 1.76. The number of nitrogens with one attached hydrogen (secondary N) is 1. The minimum Gasteiger partial charge on any atom is -0.326 e. The van der Waals surface area contributed by atoms with Gasteiger partial charge in [0.05, 0.1) is 4.90 Å². The lowest BCUT2D eigenvalue weighted by atomic mass is 10.1. The number of carbonyl (C=O) groups excluding carboxylic acids is 1. The molecule has 0 aliphatic heterocycles. The van der Waals surface area contributed by atoms with Gasteiger partial charge in [0.15, 0.2) is 9.84 Å². The summed E-state index contributed by atoms with van der Waals surface area (Å²) < 4.78 is 23.4. The Morgan fingerprint density at radius 1 is 1.21 bits per heavy atom. The van der Waals surface area contributed by atoms with Crippen LogP contribution in [-0.2, 0) is 14.6 Å². The van der Waals surface area contributed by atoms with Crippen molar-refractivity contribution in [3.05, 3.63) is 58.6 Å². The molecule has 0 heterocycles. The molecular formula is C18H18ClNO3S. The molecule has 126 valence electrons. The number of aryl methyl sites for hydroxylation is 1. The van der Waals surface area contributed by atoms with Crippen LogP contribution < -0.4 is 5.32 Å². The zero-order valence-electron chi connectivity index (χ0n) is 13.4. The van der Waals surface area contributed by atoms with Crippen molar-refractivity contribution in [1.29, 1.82) is 0 Å². The molecule has 1 aliphatic carbocycles. The highest BCUT2D eigenvalue weighted by atomic mass is 35.5. The SMILES string of the molecule is Cc1ccc(S(C)(=O)=O)cc1NC(=O)C1CC1c1ccccc1Cl. The van der Waals surface area contributed by atoms with Gasteiger partial charge in [0.2, 0.25) is 5.91 Å². The summed E-state index contributed by atoms with van der Waals surface area (Å²) in [4.78, 5) is 12.7. The van der Waals surface area contributed by atoms with Crippen LogP contribution in [0.5, 0.6) is 0 Å². The van der Waals surface area contributed by atoms with Crippen LogP contribution in [0.2, 0.25) is 5.02 Å². The van der Waals surface area contributed by atoms with Gasteiger partial charge < -0.3 is 5.32 Å². The van der Waals surface area contributed by atoms with Crippen LogP contribution >= 0.6 is 11.6 Å². The molecule has 1 saturated carbocycles. The Labute approximate surface area is 146 Å². The van der Waals surface area contributed by atoms with Crippen molar-refractivity contribution < 1.29 is 13.2 Å². The standard InChI is InChI=1S/C18H18ClNO3S/c1-11-7-8-12(24(2,22)23)9-17(11)20-18(21)15-10-14(15)13-5-3-4-6-16(13)19/h3-9,14-15H,10H2,1-2H3,(H,20,21). The molecule has 0 bridgehead atoms. The summed E-state index contributed by atoms with van der Waals surface area (Å²) in [5, 5.41) is 3.53. The van der Waals surface area contributed by atoms with Crippen LogP contribution in [0.15, 0.2) is 47.4 Å². The lowest BCUT2D eigenvalue weighted by molar-refractivity contribution is -0.117. The molecule has 1 fully saturated rings. The number of hydrogen-bond donors (Lipinski definition) is 1. The Kier molecular flexibility index (Phi) is 4.40. The number of rotatable bonds is 4. The Bertz CT molecular complexity index is 908. The molecule has 24 heavy (non-hydrogen) atoms. The number of halogens is 1. The first-order valence-electron chi connectivity index (χ1n) is 7.63. The van der Waals surface area contributed by atoms with Crippen LogP contribution in [0.1, 0.15) is 23.5 Å². The van der Waals surface area contributed by atoms with Crippen LogP contribution in [-0.4, -0.2) is 20.6 Å². The predicted octanol–water partition coefficient (Wildman–Crippen LogP) is 3.79. The second kappa shape index (κ2) is 6.22. The van der Waals surface area contributed by atoms with Gasteiger partial charge in [0.25, 0.3) is 0 Å². The molecule has 2 unspecified atom stereocenters. The third-order valence-corrected chi connectivity index (χ3v) is 5.78. The van der Waals surface area contributed by atoms with Gasteiger partial charge in [-0.25, -0.2) is 8.42 Å². The minimum atomic E-state index is -3.31. The fourth-order valence-electron chi connectivity index (χ4n) is 2.80. The van der Waals surface area contributed by atoms with Crippen molar-refractivity contribution in [2.75, 3.05) is 11.6 Å². The van der Waals surface area contributed by atoms with Crippen molar-refractivity contribution in [1.82, 2.24) is 0 Å². The van der Waals surface area contributed by atoms with Crippen LogP contribution in [0, 0.1) is 12.8 Å². The zero-order valence-corrected chi connectivity index (χ0v) is 15.0. The second-order valence-electron chi connectivity index (χ2n) is 6.21. The summed E-state index contributed by atoms with van der Waals surface area (Å²) in [7, 11) is -3.31. The maximum atomic E-state index is 12.5. The van der Waals surface area contributed by atoms with E-state index in [1.165, 1.54) is 6.07 Å². The average molecular weight is 364 g/mol. The first kappa shape index (κ1) is 17.0. The van der Waals surface area contributed by atoms with Crippen molar-refractivity contribution in [2.24, 2.45) is 5.92 Å². The minimum absolute atomic E-state index is 0.103. The maximum Gasteiger partial charge on any atom is 0.228 e. The van der Waals surface area contributed by atoms with Crippen LogP contribution in [0.3, 0.4) is 0 Å². The van der Waals surface area contributed by atoms with Gasteiger partial charge in [-0.2, -0.15) is 0 Å². The van der Waals surface area contributed by atoms with Gasteiger partial charge in [-0.05, 0) is 48.6 Å². The third-order valence-electron chi connectivity index (χ3n) is 4.33. The highest BCUT2D eigenvalue weighted by Gasteiger charge is 2.44. The lowest BCUT2D eigenvalue weighted by Crippen LogP contribution is -2.16. The fraction of sp³-hybridized carbons (Fsp3) is 0.278. The molecule has 2 atom stereocenters. The van der Waals surface area contributed by atoms with Crippen molar-refractivity contribution in [2.45, 2.75) is 24.2 Å². The van der Waals surface area contributed by atoms with E-state index < -0.39 is 9.84 Å². The van der Waals surface area contributed by atoms with Crippen molar-refractivity contribution >= 4 is 33.0 Å². The van der Waals surface area contributed by atoms with E-state index in [1.807, 2.05) is 31.2 Å². The summed E-state index contributed by atoms with van der Waals surface area (Å²) >= 11 is 6.19. The monoisotopic (exact) mass is 363 g/mol. The summed E-state index contributed by atoms with van der Waals surface area (Å²) in [5.74, 6) is -0.114. The van der Waals surface area contributed by atoms with E-state index in [2.05, 4.69) is 5.32 Å². The van der Waals surface area contributed by atoms with Gasteiger partial charge >= 0.3 is 0 Å². The normalized spacial score (nSPS) is 19.8. The van der Waals surface area contributed by atoms with E-state index in [4.69, 9.17) is 11.6 Å². The molecule has 0 aromatic heterocycles. The largest absolute Gasteiger partial charge is 0.326 e. The van der Waals surface area contributed by atoms with E-state index in [-0.39, 0.29) is 22.6 Å². The topological polar surface area (TPSA) is 63.2 Å². The molecular weight excluding hydrogens is 346 g/mol. The first-order chi connectivity index (χ1) is 11.3. The summed E-state index contributed by atoms with van der Waals surface area (Å²) in [5.41, 5.74) is 2.35. The fourth-order valence-corrected chi connectivity index (χ4v) is 3.72. The van der Waals surface area contributed by atoms with E-state index in [0.717, 1.165) is 23.8 Å². The molecule has 4 nitrogen and oxygen atoms in total. The molecule has 0 spiro atoms. The number of sulfone groups is 1. The Morgan fingerprint density at radius 3 is 2.58 bits per heavy atom.